The van der Waals surface area contributed by atoms with E-state index in [1.54, 1.807) is 66.7 Å². The number of sulfonamides is 1. The molecule has 8 nitrogen and oxygen atoms in total. The maximum absolute atomic E-state index is 14.5. The van der Waals surface area contributed by atoms with Gasteiger partial charge in [0, 0.05) is 24.5 Å². The van der Waals surface area contributed by atoms with Crippen LogP contribution in [0.15, 0.2) is 114 Å². The van der Waals surface area contributed by atoms with Crippen LogP contribution in [-0.2, 0) is 32.6 Å². The monoisotopic (exact) mass is 661 g/mol. The zero-order chi connectivity index (χ0) is 33.1. The smallest absolute Gasteiger partial charge is 0.264 e. The third-order valence-electron chi connectivity index (χ3n) is 7.30. The molecule has 0 aliphatic carbocycles. The van der Waals surface area contributed by atoms with E-state index < -0.39 is 28.5 Å². The molecule has 0 radical (unpaired) electrons. The Balaban J connectivity index is 1.80. The Morgan fingerprint density at radius 3 is 2.07 bits per heavy atom. The minimum atomic E-state index is -4.20. The summed E-state index contributed by atoms with van der Waals surface area (Å²) in [4.78, 5) is 29.9. The molecule has 0 aliphatic rings. The van der Waals surface area contributed by atoms with E-state index in [-0.39, 0.29) is 35.4 Å². The van der Waals surface area contributed by atoms with Crippen molar-refractivity contribution in [3.8, 4) is 5.75 Å². The molecule has 4 aromatic carbocycles. The molecule has 0 aromatic heterocycles. The van der Waals surface area contributed by atoms with Gasteiger partial charge in [-0.25, -0.2) is 8.42 Å². The van der Waals surface area contributed by atoms with Crippen LogP contribution in [0, 0.1) is 5.92 Å². The van der Waals surface area contributed by atoms with Crippen LogP contribution >= 0.6 is 11.6 Å². The largest absolute Gasteiger partial charge is 0.494 e. The Kier molecular flexibility index (Phi) is 12.2. The molecule has 4 rings (SSSR count). The van der Waals surface area contributed by atoms with Gasteiger partial charge in [-0.2, -0.15) is 0 Å². The number of rotatable bonds is 15. The maximum Gasteiger partial charge on any atom is 0.264 e. The zero-order valence-electron chi connectivity index (χ0n) is 26.3. The highest BCUT2D eigenvalue weighted by molar-refractivity contribution is 7.92. The van der Waals surface area contributed by atoms with E-state index in [1.165, 1.54) is 17.0 Å². The fourth-order valence-electron chi connectivity index (χ4n) is 4.91. The van der Waals surface area contributed by atoms with Crippen molar-refractivity contribution in [1.29, 1.82) is 0 Å². The summed E-state index contributed by atoms with van der Waals surface area (Å²) in [5, 5.41) is 3.42. The molecular weight excluding hydrogens is 622 g/mol. The number of benzene rings is 4. The molecule has 1 unspecified atom stereocenters. The number of amides is 2. The predicted molar refractivity (Wildman–Crippen MR) is 182 cm³/mol. The van der Waals surface area contributed by atoms with Crippen molar-refractivity contribution in [2.24, 2.45) is 5.92 Å². The van der Waals surface area contributed by atoms with Gasteiger partial charge in [0.05, 0.1) is 17.2 Å². The second kappa shape index (κ2) is 16.3. The van der Waals surface area contributed by atoms with Gasteiger partial charge < -0.3 is 15.0 Å². The summed E-state index contributed by atoms with van der Waals surface area (Å²) >= 11 is 6.56. The van der Waals surface area contributed by atoms with Crippen LogP contribution in [-0.4, -0.2) is 50.9 Å². The SMILES string of the molecule is CCOc1ccc(N(CC(=O)N(Cc2ccccc2Cl)C(Cc2ccccc2)C(=O)NCC(C)C)S(=O)(=O)c2ccccc2)cc1. The predicted octanol–water partition coefficient (Wildman–Crippen LogP) is 6.35. The second-order valence-electron chi connectivity index (χ2n) is 11.2. The van der Waals surface area contributed by atoms with Gasteiger partial charge in [-0.05, 0) is 66.4 Å². The minimum Gasteiger partial charge on any atom is -0.494 e. The third kappa shape index (κ3) is 9.11. The number of nitrogens with one attached hydrogen (secondary N) is 1. The van der Waals surface area contributed by atoms with Crippen LogP contribution in [0.5, 0.6) is 5.75 Å². The molecule has 1 atom stereocenters. The number of ether oxygens (including phenoxy) is 1. The molecule has 0 saturated carbocycles. The average molecular weight is 662 g/mol. The van der Waals surface area contributed by atoms with Crippen LogP contribution in [0.2, 0.25) is 5.02 Å². The molecule has 242 valence electrons. The summed E-state index contributed by atoms with van der Waals surface area (Å²) in [6, 6.07) is 30.1. The lowest BCUT2D eigenvalue weighted by Crippen LogP contribution is -2.53. The van der Waals surface area contributed by atoms with E-state index in [9.17, 15) is 18.0 Å². The first-order valence-corrected chi connectivity index (χ1v) is 17.1. The van der Waals surface area contributed by atoms with Gasteiger partial charge in [0.25, 0.3) is 10.0 Å². The minimum absolute atomic E-state index is 0.00634. The Morgan fingerprint density at radius 2 is 1.46 bits per heavy atom. The van der Waals surface area contributed by atoms with E-state index in [1.807, 2.05) is 51.1 Å². The molecule has 0 saturated heterocycles. The van der Waals surface area contributed by atoms with Crippen molar-refractivity contribution >= 4 is 39.1 Å². The third-order valence-corrected chi connectivity index (χ3v) is 9.46. The quantitative estimate of drug-likeness (QED) is 0.160. The Labute approximate surface area is 277 Å². The summed E-state index contributed by atoms with van der Waals surface area (Å²) in [5.74, 6) is -0.148. The van der Waals surface area contributed by atoms with Gasteiger partial charge in [-0.3, -0.25) is 13.9 Å². The van der Waals surface area contributed by atoms with Gasteiger partial charge in [-0.1, -0.05) is 92.2 Å². The van der Waals surface area contributed by atoms with Crippen LogP contribution in [0.3, 0.4) is 0 Å². The Hall–Kier alpha value is -4.34. The molecule has 0 bridgehead atoms. The maximum atomic E-state index is 14.5. The van der Waals surface area contributed by atoms with Gasteiger partial charge in [0.15, 0.2) is 0 Å². The van der Waals surface area contributed by atoms with E-state index in [0.29, 0.717) is 29.5 Å². The molecule has 0 heterocycles. The first-order valence-electron chi connectivity index (χ1n) is 15.2. The summed E-state index contributed by atoms with van der Waals surface area (Å²) in [6.45, 7) is 6.13. The van der Waals surface area contributed by atoms with Crippen LogP contribution in [0.25, 0.3) is 0 Å². The topological polar surface area (TPSA) is 96.0 Å². The summed E-state index contributed by atoms with van der Waals surface area (Å²) < 4.78 is 34.9. The van der Waals surface area contributed by atoms with E-state index in [0.717, 1.165) is 9.87 Å². The average Bonchev–Trinajstić information content (AvgIpc) is 3.06. The number of carbonyl (C=O) groups excluding carboxylic acids is 2. The van der Waals surface area contributed by atoms with Crippen molar-refractivity contribution in [3.05, 3.63) is 125 Å². The second-order valence-corrected chi connectivity index (χ2v) is 13.5. The Morgan fingerprint density at radius 1 is 0.848 bits per heavy atom. The Bertz CT molecular complexity index is 1680. The lowest BCUT2D eigenvalue weighted by Gasteiger charge is -2.34. The fourth-order valence-corrected chi connectivity index (χ4v) is 6.54. The molecule has 2 amide bonds. The number of halogens is 1. The van der Waals surface area contributed by atoms with Crippen LogP contribution in [0.1, 0.15) is 31.9 Å². The van der Waals surface area contributed by atoms with Crippen molar-refractivity contribution in [2.45, 2.75) is 44.7 Å². The molecule has 0 fully saturated rings. The molecule has 0 spiro atoms. The highest BCUT2D eigenvalue weighted by atomic mass is 35.5. The van der Waals surface area contributed by atoms with E-state index in [2.05, 4.69) is 5.32 Å². The fraction of sp³-hybridized carbons (Fsp3) is 0.278. The standard InChI is InChI=1S/C36H40ClN3O5S/c1-4-45-31-21-19-30(20-22-31)40(46(43,44)32-16-9-6-10-17-32)26-35(41)39(25-29-15-11-12-18-33(29)37)34(36(42)38-24-27(2)3)23-28-13-7-5-8-14-28/h5-22,27,34H,4,23-26H2,1-3H3,(H,38,42). The van der Waals surface area contributed by atoms with Gasteiger partial charge in [0.2, 0.25) is 11.8 Å². The normalized spacial score (nSPS) is 11.9. The van der Waals surface area contributed by atoms with Crippen molar-refractivity contribution in [3.63, 3.8) is 0 Å². The summed E-state index contributed by atoms with van der Waals surface area (Å²) in [6.07, 6.45) is 0.218. The highest BCUT2D eigenvalue weighted by Gasteiger charge is 2.35. The van der Waals surface area contributed by atoms with Gasteiger partial charge in [0.1, 0.15) is 18.3 Å². The number of hydrogen-bond acceptors (Lipinski definition) is 5. The molecule has 0 aliphatic heterocycles. The molecule has 46 heavy (non-hydrogen) atoms. The summed E-state index contributed by atoms with van der Waals surface area (Å²) in [7, 11) is -4.20. The number of anilines is 1. The zero-order valence-corrected chi connectivity index (χ0v) is 27.9. The molecule has 1 N–H and O–H groups in total. The van der Waals surface area contributed by atoms with Crippen molar-refractivity contribution in [2.75, 3.05) is 24.0 Å². The lowest BCUT2D eigenvalue weighted by molar-refractivity contribution is -0.140. The van der Waals surface area contributed by atoms with Crippen LogP contribution < -0.4 is 14.4 Å². The summed E-state index contributed by atoms with van der Waals surface area (Å²) in [5.41, 5.74) is 1.76. The van der Waals surface area contributed by atoms with Crippen LogP contribution in [0.4, 0.5) is 5.69 Å². The van der Waals surface area contributed by atoms with Crippen molar-refractivity contribution < 1.29 is 22.7 Å². The first-order chi connectivity index (χ1) is 22.1. The highest BCUT2D eigenvalue weighted by Crippen LogP contribution is 2.27. The number of carbonyl (C=O) groups is 2. The van der Waals surface area contributed by atoms with E-state index >= 15 is 0 Å². The number of hydrogen-bond donors (Lipinski definition) is 1. The molecular formula is C36H40ClN3O5S. The van der Waals surface area contributed by atoms with Gasteiger partial charge >= 0.3 is 0 Å². The van der Waals surface area contributed by atoms with Crippen molar-refractivity contribution in [1.82, 2.24) is 10.2 Å². The number of nitrogens with zero attached hydrogens (tertiary/aromatic N) is 2. The molecule has 10 heteroatoms. The van der Waals surface area contributed by atoms with Gasteiger partial charge in [-0.15, -0.1) is 0 Å². The van der Waals surface area contributed by atoms with E-state index in [4.69, 9.17) is 16.3 Å². The lowest BCUT2D eigenvalue weighted by atomic mass is 10.0. The molecule has 4 aromatic rings. The first kappa shape index (κ1) is 34.5.